The molecule has 0 spiro atoms. The maximum absolute atomic E-state index is 11.3. The highest BCUT2D eigenvalue weighted by atomic mass is 16.4. The lowest BCUT2D eigenvalue weighted by Crippen LogP contribution is -2.42. The van der Waals surface area contributed by atoms with E-state index in [1.54, 1.807) is 30.3 Å². The molecule has 0 heterocycles. The van der Waals surface area contributed by atoms with E-state index in [9.17, 15) is 14.7 Å². The van der Waals surface area contributed by atoms with Crippen molar-refractivity contribution in [2.24, 2.45) is 0 Å². The fraction of sp³-hybridized carbons (Fsp3) is 0.200. The molecule has 0 bridgehead atoms. The van der Waals surface area contributed by atoms with E-state index < -0.39 is 24.1 Å². The molecule has 6 heteroatoms. The van der Waals surface area contributed by atoms with Gasteiger partial charge >= 0.3 is 5.97 Å². The van der Waals surface area contributed by atoms with Crippen LogP contribution in [-0.2, 0) is 9.59 Å². The molecule has 0 aromatic heterocycles. The van der Waals surface area contributed by atoms with Crippen molar-refractivity contribution >= 4 is 17.6 Å². The van der Waals surface area contributed by atoms with Gasteiger partial charge < -0.3 is 20.6 Å². The summed E-state index contributed by atoms with van der Waals surface area (Å²) in [5, 5.41) is 28.8. The van der Waals surface area contributed by atoms with E-state index in [1.807, 2.05) is 0 Å². The summed E-state index contributed by atoms with van der Waals surface area (Å²) in [6.45, 7) is 0. The molecular formula is C10H11NO5. The van der Waals surface area contributed by atoms with E-state index in [0.29, 0.717) is 5.69 Å². The predicted molar refractivity (Wildman–Crippen MR) is 54.7 cm³/mol. The van der Waals surface area contributed by atoms with E-state index in [2.05, 4.69) is 5.32 Å². The third-order valence-corrected chi connectivity index (χ3v) is 1.86. The summed E-state index contributed by atoms with van der Waals surface area (Å²) < 4.78 is 0. The highest BCUT2D eigenvalue weighted by Gasteiger charge is 2.29. The van der Waals surface area contributed by atoms with Crippen LogP contribution >= 0.6 is 0 Å². The first-order valence-corrected chi connectivity index (χ1v) is 4.47. The minimum atomic E-state index is -2.14. The van der Waals surface area contributed by atoms with Crippen LogP contribution in [0.15, 0.2) is 30.3 Å². The predicted octanol–water partition coefficient (Wildman–Crippen LogP) is -0.569. The zero-order valence-corrected chi connectivity index (χ0v) is 8.20. The molecule has 1 aromatic rings. The molecular weight excluding hydrogens is 214 g/mol. The van der Waals surface area contributed by atoms with E-state index >= 15 is 0 Å². The van der Waals surface area contributed by atoms with Crippen molar-refractivity contribution in [1.82, 2.24) is 0 Å². The number of benzene rings is 1. The van der Waals surface area contributed by atoms with Crippen LogP contribution in [-0.4, -0.2) is 39.4 Å². The van der Waals surface area contributed by atoms with Gasteiger partial charge in [0.15, 0.2) is 12.2 Å². The molecule has 1 amide bonds. The number of carbonyl (C=O) groups is 2. The highest BCUT2D eigenvalue weighted by molar-refractivity contribution is 5.97. The van der Waals surface area contributed by atoms with Gasteiger partial charge in [-0.1, -0.05) is 18.2 Å². The van der Waals surface area contributed by atoms with Crippen molar-refractivity contribution in [2.45, 2.75) is 12.2 Å². The Morgan fingerprint density at radius 3 is 2.12 bits per heavy atom. The highest BCUT2D eigenvalue weighted by Crippen LogP contribution is 2.06. The van der Waals surface area contributed by atoms with Gasteiger partial charge in [0.05, 0.1) is 0 Å². The number of aliphatic hydroxyl groups is 2. The van der Waals surface area contributed by atoms with Gasteiger partial charge in [0.2, 0.25) is 0 Å². The zero-order valence-electron chi connectivity index (χ0n) is 8.20. The summed E-state index contributed by atoms with van der Waals surface area (Å²) in [6.07, 6.45) is -4.14. The lowest BCUT2D eigenvalue weighted by Gasteiger charge is -2.13. The monoisotopic (exact) mass is 225 g/mol. The van der Waals surface area contributed by atoms with Gasteiger partial charge in [0.25, 0.3) is 5.91 Å². The molecule has 0 fully saturated rings. The van der Waals surface area contributed by atoms with Crippen LogP contribution in [0.3, 0.4) is 0 Å². The number of hydrogen-bond donors (Lipinski definition) is 4. The minimum absolute atomic E-state index is 0.407. The van der Waals surface area contributed by atoms with E-state index in [-0.39, 0.29) is 0 Å². The van der Waals surface area contributed by atoms with Gasteiger partial charge in [-0.2, -0.15) is 0 Å². The molecule has 2 atom stereocenters. The average molecular weight is 225 g/mol. The Morgan fingerprint density at radius 1 is 1.06 bits per heavy atom. The normalized spacial score (nSPS) is 13.9. The van der Waals surface area contributed by atoms with Gasteiger partial charge in [0, 0.05) is 5.69 Å². The molecule has 1 aromatic carbocycles. The molecule has 0 aliphatic carbocycles. The SMILES string of the molecule is O=C(O)[C@@H](O)[C@H](O)C(=O)Nc1ccccc1. The summed E-state index contributed by atoms with van der Waals surface area (Å²) in [5.41, 5.74) is 0.407. The second-order valence-electron chi connectivity index (χ2n) is 3.08. The first-order valence-electron chi connectivity index (χ1n) is 4.47. The van der Waals surface area contributed by atoms with Crippen LogP contribution in [0.4, 0.5) is 5.69 Å². The Kier molecular flexibility index (Phi) is 3.98. The standard InChI is InChI=1S/C10H11NO5/c12-7(8(13)10(15)16)9(14)11-6-4-2-1-3-5-6/h1-5,7-8,12-13H,(H,11,14)(H,15,16)/t7-,8-/m0/s1. The van der Waals surface area contributed by atoms with Crippen LogP contribution in [0.5, 0.6) is 0 Å². The lowest BCUT2D eigenvalue weighted by atomic mass is 10.2. The first-order chi connectivity index (χ1) is 7.52. The molecule has 86 valence electrons. The topological polar surface area (TPSA) is 107 Å². The van der Waals surface area contributed by atoms with E-state index in [1.165, 1.54) is 0 Å². The lowest BCUT2D eigenvalue weighted by molar-refractivity contribution is -0.156. The van der Waals surface area contributed by atoms with Crippen molar-refractivity contribution in [3.8, 4) is 0 Å². The Hall–Kier alpha value is -1.92. The maximum atomic E-state index is 11.3. The summed E-state index contributed by atoms with van der Waals surface area (Å²) in [5.74, 6) is -2.63. The van der Waals surface area contributed by atoms with Crippen LogP contribution in [0.2, 0.25) is 0 Å². The number of carboxylic acid groups (broad SMARTS) is 1. The number of aliphatic carboxylic acids is 1. The second-order valence-corrected chi connectivity index (χ2v) is 3.08. The second kappa shape index (κ2) is 5.24. The van der Waals surface area contributed by atoms with Crippen molar-refractivity contribution < 1.29 is 24.9 Å². The quantitative estimate of drug-likeness (QED) is 0.549. The number of para-hydroxylation sites is 1. The van der Waals surface area contributed by atoms with Crippen molar-refractivity contribution in [1.29, 1.82) is 0 Å². The number of hydrogen-bond acceptors (Lipinski definition) is 4. The molecule has 0 aliphatic rings. The summed E-state index contributed by atoms with van der Waals surface area (Å²) >= 11 is 0. The number of carboxylic acids is 1. The van der Waals surface area contributed by atoms with Crippen LogP contribution in [0.25, 0.3) is 0 Å². The Balaban J connectivity index is 2.63. The smallest absolute Gasteiger partial charge is 0.335 e. The Bertz CT molecular complexity index is 378. The van der Waals surface area contributed by atoms with E-state index in [0.717, 1.165) is 0 Å². The number of amides is 1. The first kappa shape index (κ1) is 12.2. The fourth-order valence-corrected chi connectivity index (χ4v) is 1.02. The maximum Gasteiger partial charge on any atom is 0.335 e. The number of anilines is 1. The number of aliphatic hydroxyl groups excluding tert-OH is 2. The Morgan fingerprint density at radius 2 is 1.62 bits per heavy atom. The molecule has 6 nitrogen and oxygen atoms in total. The molecule has 0 unspecified atom stereocenters. The fourth-order valence-electron chi connectivity index (χ4n) is 1.02. The molecule has 0 saturated heterocycles. The van der Waals surface area contributed by atoms with Gasteiger partial charge in [0.1, 0.15) is 0 Å². The molecule has 16 heavy (non-hydrogen) atoms. The third-order valence-electron chi connectivity index (χ3n) is 1.86. The zero-order chi connectivity index (χ0) is 12.1. The minimum Gasteiger partial charge on any atom is -0.479 e. The molecule has 0 saturated carbocycles. The summed E-state index contributed by atoms with van der Waals surface area (Å²) in [4.78, 5) is 21.6. The largest absolute Gasteiger partial charge is 0.479 e. The summed E-state index contributed by atoms with van der Waals surface area (Å²) in [7, 11) is 0. The number of carbonyl (C=O) groups excluding carboxylic acids is 1. The van der Waals surface area contributed by atoms with Gasteiger partial charge in [-0.05, 0) is 12.1 Å². The molecule has 1 rings (SSSR count). The van der Waals surface area contributed by atoms with Crippen LogP contribution in [0.1, 0.15) is 0 Å². The van der Waals surface area contributed by atoms with Crippen LogP contribution in [0, 0.1) is 0 Å². The van der Waals surface area contributed by atoms with Crippen molar-refractivity contribution in [2.75, 3.05) is 5.32 Å². The summed E-state index contributed by atoms with van der Waals surface area (Å²) in [6, 6.07) is 8.19. The third kappa shape index (κ3) is 3.04. The molecule has 0 aliphatic heterocycles. The Labute approximate surface area is 91.1 Å². The van der Waals surface area contributed by atoms with Crippen molar-refractivity contribution in [3.63, 3.8) is 0 Å². The van der Waals surface area contributed by atoms with Gasteiger partial charge in [-0.3, -0.25) is 4.79 Å². The average Bonchev–Trinajstić information content (AvgIpc) is 2.28. The molecule has 0 radical (unpaired) electrons. The van der Waals surface area contributed by atoms with Gasteiger partial charge in [-0.15, -0.1) is 0 Å². The van der Waals surface area contributed by atoms with E-state index in [4.69, 9.17) is 10.2 Å². The van der Waals surface area contributed by atoms with Crippen LogP contribution < -0.4 is 5.32 Å². The van der Waals surface area contributed by atoms with Gasteiger partial charge in [-0.25, -0.2) is 4.79 Å². The number of nitrogens with one attached hydrogen (secondary N) is 1. The molecule has 4 N–H and O–H groups in total. The number of rotatable bonds is 4. The van der Waals surface area contributed by atoms with Crippen molar-refractivity contribution in [3.05, 3.63) is 30.3 Å².